The van der Waals surface area contributed by atoms with Crippen molar-refractivity contribution in [2.75, 3.05) is 12.3 Å². The van der Waals surface area contributed by atoms with E-state index in [1.165, 1.54) is 24.4 Å². The first-order chi connectivity index (χ1) is 15.9. The molecule has 1 aromatic heterocycles. The number of alkyl halides is 1. The van der Waals surface area contributed by atoms with E-state index in [0.717, 1.165) is 4.57 Å². The van der Waals surface area contributed by atoms with Crippen LogP contribution in [-0.2, 0) is 14.2 Å². The quantitative estimate of drug-likeness (QED) is 0.564. The molecule has 3 aromatic rings. The van der Waals surface area contributed by atoms with Gasteiger partial charge in [0.25, 0.3) is 0 Å². The molecule has 10 heteroatoms. The van der Waals surface area contributed by atoms with Crippen LogP contribution in [0.4, 0.5) is 10.2 Å². The second-order valence-electron chi connectivity index (χ2n) is 7.25. The largest absolute Gasteiger partial charge is 0.459 e. The number of nitrogens with zero attached hydrogens (tertiary/aromatic N) is 2. The molecule has 1 aliphatic heterocycles. The van der Waals surface area contributed by atoms with Crippen molar-refractivity contribution >= 4 is 17.8 Å². The summed E-state index contributed by atoms with van der Waals surface area (Å²) in [6.45, 7) is -0.408. The summed E-state index contributed by atoms with van der Waals surface area (Å²) in [6, 6.07) is 17.5. The zero-order valence-corrected chi connectivity index (χ0v) is 17.2. The SMILES string of the molecule is Nc1ccn([C@@H]2O[C@H](COC(=O)c3ccccc3)C(OC(=O)c3ccccc3)[C@H]2F)c(=O)n1. The van der Waals surface area contributed by atoms with E-state index >= 15 is 4.39 Å². The number of nitrogens with two attached hydrogens (primary N) is 1. The van der Waals surface area contributed by atoms with E-state index in [1.54, 1.807) is 48.5 Å². The summed E-state index contributed by atoms with van der Waals surface area (Å²) in [4.78, 5) is 40.7. The molecule has 0 saturated carbocycles. The van der Waals surface area contributed by atoms with Crippen molar-refractivity contribution in [3.05, 3.63) is 94.5 Å². The highest BCUT2D eigenvalue weighted by Gasteiger charge is 2.49. The lowest BCUT2D eigenvalue weighted by Gasteiger charge is -2.19. The van der Waals surface area contributed by atoms with Crippen molar-refractivity contribution in [2.45, 2.75) is 24.6 Å². The Balaban J connectivity index is 1.56. The number of hydrogen-bond donors (Lipinski definition) is 1. The Hall–Kier alpha value is -4.05. The zero-order valence-electron chi connectivity index (χ0n) is 17.2. The second-order valence-corrected chi connectivity index (χ2v) is 7.25. The normalized spacial score (nSPS) is 22.0. The third kappa shape index (κ3) is 4.90. The van der Waals surface area contributed by atoms with Crippen LogP contribution in [0.5, 0.6) is 0 Å². The predicted octanol–water partition coefficient (Wildman–Crippen LogP) is 2.14. The van der Waals surface area contributed by atoms with Gasteiger partial charge in [-0.05, 0) is 30.3 Å². The van der Waals surface area contributed by atoms with E-state index < -0.39 is 48.8 Å². The zero-order chi connectivity index (χ0) is 23.4. The Morgan fingerprint density at radius 1 is 1.00 bits per heavy atom. The summed E-state index contributed by atoms with van der Waals surface area (Å²) in [6.07, 6.45) is -4.79. The van der Waals surface area contributed by atoms with Gasteiger partial charge in [-0.15, -0.1) is 0 Å². The van der Waals surface area contributed by atoms with E-state index in [0.29, 0.717) is 5.56 Å². The number of benzene rings is 2. The van der Waals surface area contributed by atoms with E-state index in [9.17, 15) is 14.4 Å². The number of halogens is 1. The molecule has 0 spiro atoms. The molecule has 4 atom stereocenters. The number of esters is 2. The van der Waals surface area contributed by atoms with Crippen LogP contribution < -0.4 is 11.4 Å². The van der Waals surface area contributed by atoms with Crippen molar-refractivity contribution < 1.29 is 28.2 Å². The van der Waals surface area contributed by atoms with E-state index in [4.69, 9.17) is 19.9 Å². The number of anilines is 1. The maximum atomic E-state index is 15.4. The highest BCUT2D eigenvalue weighted by Crippen LogP contribution is 2.34. The van der Waals surface area contributed by atoms with Crippen molar-refractivity contribution in [2.24, 2.45) is 0 Å². The van der Waals surface area contributed by atoms with Crippen molar-refractivity contribution in [3.63, 3.8) is 0 Å². The summed E-state index contributed by atoms with van der Waals surface area (Å²) in [7, 11) is 0. The van der Waals surface area contributed by atoms with Gasteiger partial charge in [0, 0.05) is 6.20 Å². The van der Waals surface area contributed by atoms with Crippen LogP contribution in [-0.4, -0.2) is 46.5 Å². The molecule has 1 saturated heterocycles. The summed E-state index contributed by atoms with van der Waals surface area (Å²) < 4.78 is 32.7. The van der Waals surface area contributed by atoms with Crippen LogP contribution in [0.3, 0.4) is 0 Å². The molecule has 2 aromatic carbocycles. The molecule has 0 radical (unpaired) electrons. The predicted molar refractivity (Wildman–Crippen MR) is 114 cm³/mol. The van der Waals surface area contributed by atoms with Crippen LogP contribution in [0.15, 0.2) is 77.7 Å². The summed E-state index contributed by atoms with van der Waals surface area (Å²) in [5, 5.41) is 0. The van der Waals surface area contributed by atoms with Crippen LogP contribution in [0.25, 0.3) is 0 Å². The molecule has 1 fully saturated rings. The second kappa shape index (κ2) is 9.61. The molecule has 1 unspecified atom stereocenters. The third-order valence-electron chi connectivity index (χ3n) is 5.03. The van der Waals surface area contributed by atoms with Gasteiger partial charge in [-0.2, -0.15) is 4.98 Å². The van der Waals surface area contributed by atoms with E-state index in [2.05, 4.69) is 4.98 Å². The highest BCUT2D eigenvalue weighted by atomic mass is 19.1. The first-order valence-corrected chi connectivity index (χ1v) is 10.1. The lowest BCUT2D eigenvalue weighted by Crippen LogP contribution is -2.37. The van der Waals surface area contributed by atoms with Crippen LogP contribution in [0, 0.1) is 0 Å². The van der Waals surface area contributed by atoms with Crippen molar-refractivity contribution in [1.29, 1.82) is 0 Å². The monoisotopic (exact) mass is 453 g/mol. The molecule has 1 aliphatic rings. The van der Waals surface area contributed by atoms with Crippen LogP contribution >= 0.6 is 0 Å². The summed E-state index contributed by atoms with van der Waals surface area (Å²) in [5.41, 5.74) is 5.16. The summed E-state index contributed by atoms with van der Waals surface area (Å²) in [5.74, 6) is -1.47. The van der Waals surface area contributed by atoms with E-state index in [-0.39, 0.29) is 11.4 Å². The fraction of sp³-hybridized carbons (Fsp3) is 0.217. The molecule has 9 nitrogen and oxygen atoms in total. The van der Waals surface area contributed by atoms with Crippen LogP contribution in [0.1, 0.15) is 26.9 Å². The molecule has 2 N–H and O–H groups in total. The fourth-order valence-corrected chi connectivity index (χ4v) is 3.39. The van der Waals surface area contributed by atoms with Gasteiger partial charge in [0.2, 0.25) is 0 Å². The average molecular weight is 453 g/mol. The minimum absolute atomic E-state index is 0.0370. The van der Waals surface area contributed by atoms with Gasteiger partial charge >= 0.3 is 17.6 Å². The molecule has 0 aliphatic carbocycles. The van der Waals surface area contributed by atoms with Gasteiger partial charge in [-0.25, -0.2) is 18.8 Å². The molecule has 170 valence electrons. The van der Waals surface area contributed by atoms with Gasteiger partial charge in [-0.1, -0.05) is 36.4 Å². The lowest BCUT2D eigenvalue weighted by molar-refractivity contribution is -0.0591. The maximum Gasteiger partial charge on any atom is 0.351 e. The first kappa shape index (κ1) is 22.2. The standard InChI is InChI=1S/C23H20FN3O6/c24-18-19(33-22(29)15-9-5-2-6-10-15)16(13-31-21(28)14-7-3-1-4-8-14)32-20(18)27-12-11-17(25)26-23(27)30/h1-12,16,18-20H,13H2,(H2,25,26,30)/t16-,18-,19?,20-/m1/s1. The van der Waals surface area contributed by atoms with Gasteiger partial charge in [0.15, 0.2) is 18.5 Å². The molecular weight excluding hydrogens is 433 g/mol. The van der Waals surface area contributed by atoms with Gasteiger partial charge in [-0.3, -0.25) is 4.57 Å². The number of nitrogen functional groups attached to an aromatic ring is 1. The molecule has 2 heterocycles. The minimum Gasteiger partial charge on any atom is -0.459 e. The number of rotatable bonds is 6. The Bertz CT molecular complexity index is 1190. The Kier molecular flexibility index (Phi) is 6.45. The minimum atomic E-state index is -1.94. The van der Waals surface area contributed by atoms with Crippen LogP contribution in [0.2, 0.25) is 0 Å². The highest BCUT2D eigenvalue weighted by molar-refractivity contribution is 5.90. The number of aromatic nitrogens is 2. The lowest BCUT2D eigenvalue weighted by atomic mass is 10.1. The fourth-order valence-electron chi connectivity index (χ4n) is 3.39. The van der Waals surface area contributed by atoms with Gasteiger partial charge in [0.05, 0.1) is 11.1 Å². The molecule has 4 rings (SSSR count). The van der Waals surface area contributed by atoms with Crippen molar-refractivity contribution in [1.82, 2.24) is 9.55 Å². The van der Waals surface area contributed by atoms with Gasteiger partial charge < -0.3 is 19.9 Å². The molecule has 33 heavy (non-hydrogen) atoms. The number of ether oxygens (including phenoxy) is 3. The number of carbonyl (C=O) groups excluding carboxylic acids is 2. The average Bonchev–Trinajstić information content (AvgIpc) is 3.13. The van der Waals surface area contributed by atoms with Crippen molar-refractivity contribution in [3.8, 4) is 0 Å². The van der Waals surface area contributed by atoms with E-state index in [1.807, 2.05) is 0 Å². The first-order valence-electron chi connectivity index (χ1n) is 10.1. The maximum absolute atomic E-state index is 15.4. The Morgan fingerprint density at radius 3 is 2.21 bits per heavy atom. The smallest absolute Gasteiger partial charge is 0.351 e. The summed E-state index contributed by atoms with van der Waals surface area (Å²) >= 11 is 0. The Labute approximate surface area is 187 Å². The molecule has 0 amide bonds. The number of carbonyl (C=O) groups is 2. The molecular formula is C23H20FN3O6. The van der Waals surface area contributed by atoms with Gasteiger partial charge in [0.1, 0.15) is 18.5 Å². The number of hydrogen-bond acceptors (Lipinski definition) is 8. The Morgan fingerprint density at radius 2 is 1.61 bits per heavy atom. The molecule has 0 bridgehead atoms. The third-order valence-corrected chi connectivity index (χ3v) is 5.03. The topological polar surface area (TPSA) is 123 Å².